The van der Waals surface area contributed by atoms with Crippen molar-refractivity contribution in [3.8, 4) is 11.3 Å². The van der Waals surface area contributed by atoms with E-state index in [9.17, 15) is 9.59 Å². The summed E-state index contributed by atoms with van der Waals surface area (Å²) in [5.41, 5.74) is 3.40. The fraction of sp³-hybridized carbons (Fsp3) is 0.370. The van der Waals surface area contributed by atoms with E-state index in [0.29, 0.717) is 50.5 Å². The smallest absolute Gasteiger partial charge is 0.257 e. The summed E-state index contributed by atoms with van der Waals surface area (Å²) < 4.78 is 1.85. The minimum Gasteiger partial charge on any atom is -0.342 e. The molecule has 4 rings (SSSR count). The second-order valence-electron chi connectivity index (χ2n) is 8.57. The predicted octanol–water partition coefficient (Wildman–Crippen LogP) is 3.22. The van der Waals surface area contributed by atoms with Gasteiger partial charge in [0.15, 0.2) is 0 Å². The normalized spacial score (nSPS) is 14.2. The Morgan fingerprint density at radius 3 is 2.12 bits per heavy atom. The van der Waals surface area contributed by atoms with E-state index in [1.807, 2.05) is 83.1 Å². The van der Waals surface area contributed by atoms with Gasteiger partial charge in [-0.1, -0.05) is 60.7 Å². The van der Waals surface area contributed by atoms with Gasteiger partial charge in [0, 0.05) is 51.0 Å². The summed E-state index contributed by atoms with van der Waals surface area (Å²) >= 11 is 0. The van der Waals surface area contributed by atoms with Crippen molar-refractivity contribution in [1.82, 2.24) is 24.5 Å². The number of carbonyl (C=O) groups excluding carboxylic acids is 2. The van der Waals surface area contributed by atoms with Crippen molar-refractivity contribution in [1.29, 1.82) is 0 Å². The van der Waals surface area contributed by atoms with Crippen LogP contribution in [0.1, 0.15) is 29.8 Å². The first-order valence-electron chi connectivity index (χ1n) is 12.0. The molecule has 0 spiro atoms. The van der Waals surface area contributed by atoms with Crippen LogP contribution in [0, 0.1) is 0 Å². The highest BCUT2D eigenvalue weighted by Gasteiger charge is 2.27. The Morgan fingerprint density at radius 2 is 1.50 bits per heavy atom. The van der Waals surface area contributed by atoms with Crippen LogP contribution in [0.5, 0.6) is 0 Å². The number of nitrogens with zero attached hydrogens (tertiary/aromatic N) is 5. The number of benzene rings is 2. The molecule has 178 valence electrons. The van der Waals surface area contributed by atoms with Crippen LogP contribution in [0.4, 0.5) is 0 Å². The minimum absolute atomic E-state index is 0.00659. The van der Waals surface area contributed by atoms with Crippen molar-refractivity contribution in [2.24, 2.45) is 0 Å². The Kier molecular flexibility index (Phi) is 7.75. The first-order valence-corrected chi connectivity index (χ1v) is 12.0. The Balaban J connectivity index is 1.48. The van der Waals surface area contributed by atoms with Gasteiger partial charge < -0.3 is 9.80 Å². The molecule has 0 bridgehead atoms. The average Bonchev–Trinajstić information content (AvgIpc) is 3.29. The van der Waals surface area contributed by atoms with Crippen molar-refractivity contribution in [2.75, 3.05) is 45.8 Å². The zero-order chi connectivity index (χ0) is 23.9. The third-order valence-electron chi connectivity index (χ3n) is 6.36. The zero-order valence-corrected chi connectivity index (χ0v) is 20.1. The summed E-state index contributed by atoms with van der Waals surface area (Å²) in [6, 6.07) is 20.0. The quantitative estimate of drug-likeness (QED) is 0.519. The summed E-state index contributed by atoms with van der Waals surface area (Å²) in [5, 5.41) is 4.79. The first-order chi connectivity index (χ1) is 16.6. The number of amides is 2. The van der Waals surface area contributed by atoms with Gasteiger partial charge in [0.1, 0.15) is 5.69 Å². The molecule has 0 unspecified atom stereocenters. The van der Waals surface area contributed by atoms with E-state index in [-0.39, 0.29) is 11.8 Å². The maximum atomic E-state index is 13.6. The molecule has 1 aromatic heterocycles. The van der Waals surface area contributed by atoms with Crippen LogP contribution in [0.2, 0.25) is 0 Å². The Hall–Kier alpha value is -3.45. The second-order valence-corrected chi connectivity index (χ2v) is 8.57. The van der Waals surface area contributed by atoms with Gasteiger partial charge in [0.2, 0.25) is 5.91 Å². The molecule has 0 N–H and O–H groups in total. The van der Waals surface area contributed by atoms with Crippen molar-refractivity contribution in [2.45, 2.75) is 20.4 Å². The highest BCUT2D eigenvalue weighted by atomic mass is 16.2. The maximum absolute atomic E-state index is 13.6. The summed E-state index contributed by atoms with van der Waals surface area (Å²) in [6.45, 7) is 9.05. The Bertz CT molecular complexity index is 1080. The van der Waals surface area contributed by atoms with E-state index >= 15 is 0 Å². The molecule has 1 aliphatic heterocycles. The van der Waals surface area contributed by atoms with Crippen LogP contribution in [-0.4, -0.2) is 82.1 Å². The highest BCUT2D eigenvalue weighted by Crippen LogP contribution is 2.24. The van der Waals surface area contributed by atoms with E-state index in [1.165, 1.54) is 0 Å². The number of likely N-dealkylation sites (N-methyl/N-ethyl adjacent to an activating group) is 1. The lowest BCUT2D eigenvalue weighted by Gasteiger charge is -2.35. The predicted molar refractivity (Wildman–Crippen MR) is 133 cm³/mol. The van der Waals surface area contributed by atoms with Gasteiger partial charge in [-0.25, -0.2) is 0 Å². The van der Waals surface area contributed by atoms with Crippen LogP contribution in [-0.2, 0) is 11.3 Å². The number of hydrogen-bond acceptors (Lipinski definition) is 4. The standard InChI is InChI=1S/C27H33N5O2/c1-3-30(4-2)25(33)21-29-15-17-31(18-16-29)27(34)24-20-32(19-22-11-7-5-8-12-22)28-26(24)23-13-9-6-10-14-23/h5-14,20H,3-4,15-19,21H2,1-2H3. The molecule has 34 heavy (non-hydrogen) atoms. The fourth-order valence-electron chi connectivity index (χ4n) is 4.39. The minimum atomic E-state index is -0.00659. The van der Waals surface area contributed by atoms with Gasteiger partial charge in [-0.05, 0) is 19.4 Å². The van der Waals surface area contributed by atoms with Crippen molar-refractivity contribution >= 4 is 11.8 Å². The number of aromatic nitrogens is 2. The topological polar surface area (TPSA) is 61.7 Å². The van der Waals surface area contributed by atoms with E-state index in [2.05, 4.69) is 17.0 Å². The lowest BCUT2D eigenvalue weighted by atomic mass is 10.1. The SMILES string of the molecule is CCN(CC)C(=O)CN1CCN(C(=O)c2cn(Cc3ccccc3)nc2-c2ccccc2)CC1. The lowest BCUT2D eigenvalue weighted by Crippen LogP contribution is -2.51. The molecule has 1 fully saturated rings. The molecule has 7 nitrogen and oxygen atoms in total. The summed E-state index contributed by atoms with van der Waals surface area (Å²) in [7, 11) is 0. The maximum Gasteiger partial charge on any atom is 0.257 e. The van der Waals surface area contributed by atoms with Gasteiger partial charge >= 0.3 is 0 Å². The lowest BCUT2D eigenvalue weighted by molar-refractivity contribution is -0.132. The third-order valence-corrected chi connectivity index (χ3v) is 6.36. The molecule has 0 saturated carbocycles. The third kappa shape index (κ3) is 5.54. The zero-order valence-electron chi connectivity index (χ0n) is 20.1. The van der Waals surface area contributed by atoms with Crippen LogP contribution in [0.25, 0.3) is 11.3 Å². The molecule has 1 saturated heterocycles. The van der Waals surface area contributed by atoms with Crippen LogP contribution < -0.4 is 0 Å². The molecule has 2 amide bonds. The molecular weight excluding hydrogens is 426 g/mol. The van der Waals surface area contributed by atoms with Crippen LogP contribution in [0.3, 0.4) is 0 Å². The molecule has 2 heterocycles. The van der Waals surface area contributed by atoms with Crippen molar-refractivity contribution < 1.29 is 9.59 Å². The number of hydrogen-bond donors (Lipinski definition) is 0. The van der Waals surface area contributed by atoms with Gasteiger partial charge in [-0.3, -0.25) is 19.2 Å². The van der Waals surface area contributed by atoms with Crippen LogP contribution >= 0.6 is 0 Å². The molecule has 1 aliphatic rings. The van der Waals surface area contributed by atoms with E-state index in [1.54, 1.807) is 0 Å². The largest absolute Gasteiger partial charge is 0.342 e. The summed E-state index contributed by atoms with van der Waals surface area (Å²) in [4.78, 5) is 31.9. The number of rotatable bonds is 8. The summed E-state index contributed by atoms with van der Waals surface area (Å²) in [6.07, 6.45) is 1.87. The number of carbonyl (C=O) groups is 2. The van der Waals surface area contributed by atoms with E-state index in [0.717, 1.165) is 24.2 Å². The molecule has 2 aromatic carbocycles. The van der Waals surface area contributed by atoms with Gasteiger partial charge in [-0.15, -0.1) is 0 Å². The average molecular weight is 460 g/mol. The molecule has 0 radical (unpaired) electrons. The fourth-order valence-corrected chi connectivity index (χ4v) is 4.39. The van der Waals surface area contributed by atoms with E-state index < -0.39 is 0 Å². The molecule has 7 heteroatoms. The number of piperazine rings is 1. The monoisotopic (exact) mass is 459 g/mol. The van der Waals surface area contributed by atoms with Gasteiger partial charge in [-0.2, -0.15) is 5.10 Å². The van der Waals surface area contributed by atoms with Crippen molar-refractivity contribution in [3.63, 3.8) is 0 Å². The van der Waals surface area contributed by atoms with E-state index in [4.69, 9.17) is 5.10 Å². The molecular formula is C27H33N5O2. The summed E-state index contributed by atoms with van der Waals surface area (Å²) in [5.74, 6) is 0.145. The highest BCUT2D eigenvalue weighted by molar-refractivity contribution is 5.99. The van der Waals surface area contributed by atoms with Gasteiger partial charge in [0.05, 0.1) is 18.7 Å². The van der Waals surface area contributed by atoms with Crippen LogP contribution in [0.15, 0.2) is 66.9 Å². The van der Waals surface area contributed by atoms with Crippen molar-refractivity contribution in [3.05, 3.63) is 78.0 Å². The molecule has 0 atom stereocenters. The van der Waals surface area contributed by atoms with Gasteiger partial charge in [0.25, 0.3) is 5.91 Å². The molecule has 3 aromatic rings. The second kappa shape index (κ2) is 11.1. The molecule has 0 aliphatic carbocycles. The first kappa shape index (κ1) is 23.7. The Morgan fingerprint density at radius 1 is 0.882 bits per heavy atom. The Labute approximate surface area is 201 Å².